The van der Waals surface area contributed by atoms with Gasteiger partial charge in [0.15, 0.2) is 6.29 Å². The second-order valence-electron chi connectivity index (χ2n) is 7.16. The fourth-order valence-corrected chi connectivity index (χ4v) is 4.24. The first-order valence-electron chi connectivity index (χ1n) is 9.71. The molecule has 10 unspecified atom stereocenters. The van der Waals surface area contributed by atoms with Gasteiger partial charge < -0.3 is 47.7 Å². The van der Waals surface area contributed by atoms with E-state index in [1.807, 2.05) is 6.92 Å². The van der Waals surface area contributed by atoms with Crippen molar-refractivity contribution in [1.82, 2.24) is 0 Å². The molecule has 2 saturated heterocycles. The number of aliphatic hydroxyl groups excluding tert-OH is 1. The zero-order chi connectivity index (χ0) is 21.6. The Hall–Kier alpha value is -0.400. The molecule has 0 spiro atoms. The van der Waals surface area contributed by atoms with E-state index in [0.717, 1.165) is 0 Å². The quantitative estimate of drug-likeness (QED) is 0.498. The average Bonchev–Trinajstić information content (AvgIpc) is 2.73. The zero-order valence-corrected chi connectivity index (χ0v) is 18.3. The van der Waals surface area contributed by atoms with Gasteiger partial charge in [-0.05, 0) is 6.92 Å². The Kier molecular flexibility index (Phi) is 10.2. The molecule has 2 aliphatic rings. The van der Waals surface area contributed by atoms with Gasteiger partial charge >= 0.3 is 0 Å². The predicted octanol–water partition coefficient (Wildman–Crippen LogP) is -0.402. The molecule has 29 heavy (non-hydrogen) atoms. The minimum absolute atomic E-state index is 0.217. The normalized spacial score (nSPS) is 43.4. The summed E-state index contributed by atoms with van der Waals surface area (Å²) >= 11 is 0. The number of rotatable bonds is 10. The van der Waals surface area contributed by atoms with Crippen molar-refractivity contribution in [3.8, 4) is 0 Å². The van der Waals surface area contributed by atoms with Crippen molar-refractivity contribution in [2.24, 2.45) is 0 Å². The number of ether oxygens (including phenoxy) is 9. The molecule has 0 aromatic heterocycles. The Balaban J connectivity index is 2.29. The molecule has 0 aromatic carbocycles. The van der Waals surface area contributed by atoms with E-state index < -0.39 is 49.0 Å². The third kappa shape index (κ3) is 5.27. The highest BCUT2D eigenvalue weighted by atomic mass is 16.7. The zero-order valence-electron chi connectivity index (χ0n) is 18.3. The van der Waals surface area contributed by atoms with Crippen molar-refractivity contribution in [2.45, 2.75) is 68.1 Å². The maximum absolute atomic E-state index is 9.79. The van der Waals surface area contributed by atoms with Crippen LogP contribution in [0.15, 0.2) is 0 Å². The van der Waals surface area contributed by atoms with E-state index in [1.54, 1.807) is 35.5 Å². The lowest BCUT2D eigenvalue weighted by molar-refractivity contribution is -0.350. The summed E-state index contributed by atoms with van der Waals surface area (Å²) in [7, 11) is 9.42. The van der Waals surface area contributed by atoms with E-state index in [0.29, 0.717) is 6.61 Å². The number of aliphatic hydroxyl groups is 1. The molecule has 0 radical (unpaired) electrons. The molecule has 10 heteroatoms. The largest absolute Gasteiger partial charge is 0.394 e. The molecule has 0 saturated carbocycles. The molecule has 172 valence electrons. The molecule has 2 fully saturated rings. The van der Waals surface area contributed by atoms with Crippen LogP contribution in [-0.4, -0.2) is 122 Å². The van der Waals surface area contributed by atoms with Crippen LogP contribution in [0.2, 0.25) is 0 Å². The van der Waals surface area contributed by atoms with Crippen molar-refractivity contribution in [2.75, 3.05) is 55.9 Å². The van der Waals surface area contributed by atoms with Gasteiger partial charge in [-0.25, -0.2) is 0 Å². The van der Waals surface area contributed by atoms with Crippen LogP contribution in [0.5, 0.6) is 0 Å². The van der Waals surface area contributed by atoms with E-state index in [9.17, 15) is 5.11 Å². The molecule has 0 aliphatic carbocycles. The summed E-state index contributed by atoms with van der Waals surface area (Å²) in [6.07, 6.45) is -5.11. The topological polar surface area (TPSA) is 103 Å². The SMILES string of the molecule is COCC1OC(C)C(OC)C(OC)C1OC1OC(CO)C(OC)C(OC)C1OC. The fourth-order valence-electron chi connectivity index (χ4n) is 4.24. The molecular formula is C19H36O10. The molecule has 2 heterocycles. The molecule has 2 aliphatic heterocycles. The second-order valence-corrected chi connectivity index (χ2v) is 7.16. The first-order chi connectivity index (χ1) is 14.0. The predicted molar refractivity (Wildman–Crippen MR) is 101 cm³/mol. The molecule has 1 N–H and O–H groups in total. The van der Waals surface area contributed by atoms with Gasteiger partial charge in [0, 0.05) is 42.7 Å². The Labute approximate surface area is 172 Å². The third-order valence-corrected chi connectivity index (χ3v) is 5.62. The van der Waals surface area contributed by atoms with Crippen molar-refractivity contribution >= 4 is 0 Å². The highest BCUT2D eigenvalue weighted by Gasteiger charge is 2.52. The Morgan fingerprint density at radius 1 is 0.655 bits per heavy atom. The van der Waals surface area contributed by atoms with Gasteiger partial charge in [-0.2, -0.15) is 0 Å². The standard InChI is InChI=1S/C19H36O10/c1-10-13(22-3)16(24-5)15(12(27-10)9-21-2)29-19-18(26-7)17(25-6)14(23-4)11(8-20)28-19/h10-20H,8-9H2,1-7H3. The maximum Gasteiger partial charge on any atom is 0.187 e. The lowest BCUT2D eigenvalue weighted by atomic mass is 9.94. The number of hydrogen-bond acceptors (Lipinski definition) is 10. The Morgan fingerprint density at radius 3 is 1.69 bits per heavy atom. The van der Waals surface area contributed by atoms with E-state index >= 15 is 0 Å². The third-order valence-electron chi connectivity index (χ3n) is 5.62. The van der Waals surface area contributed by atoms with Crippen molar-refractivity contribution in [3.05, 3.63) is 0 Å². The van der Waals surface area contributed by atoms with Crippen molar-refractivity contribution in [1.29, 1.82) is 0 Å². The summed E-state index contributed by atoms with van der Waals surface area (Å²) in [6.45, 7) is 1.95. The minimum Gasteiger partial charge on any atom is -0.394 e. The number of hydrogen-bond donors (Lipinski definition) is 1. The van der Waals surface area contributed by atoms with Crippen LogP contribution in [-0.2, 0) is 42.6 Å². The van der Waals surface area contributed by atoms with E-state index in [-0.39, 0.29) is 18.8 Å². The Morgan fingerprint density at radius 2 is 1.21 bits per heavy atom. The molecule has 0 amide bonds. The van der Waals surface area contributed by atoms with Crippen LogP contribution in [0, 0.1) is 0 Å². The first-order valence-corrected chi connectivity index (χ1v) is 9.71. The summed E-state index contributed by atoms with van der Waals surface area (Å²) in [5.41, 5.74) is 0. The van der Waals surface area contributed by atoms with Gasteiger partial charge in [-0.15, -0.1) is 0 Å². The first kappa shape index (κ1) is 24.9. The lowest BCUT2D eigenvalue weighted by Crippen LogP contribution is -2.65. The van der Waals surface area contributed by atoms with Crippen LogP contribution in [0.25, 0.3) is 0 Å². The van der Waals surface area contributed by atoms with Gasteiger partial charge in [0.25, 0.3) is 0 Å². The van der Waals surface area contributed by atoms with Gasteiger partial charge in [-0.3, -0.25) is 0 Å². The fraction of sp³-hybridized carbons (Fsp3) is 1.00. The average molecular weight is 424 g/mol. The maximum atomic E-state index is 9.79. The minimum atomic E-state index is -0.856. The molecule has 0 aromatic rings. The summed E-state index contributed by atoms with van der Waals surface area (Å²) in [5.74, 6) is 0. The lowest BCUT2D eigenvalue weighted by Gasteiger charge is -2.49. The summed E-state index contributed by atoms with van der Waals surface area (Å²) in [6, 6.07) is 0. The monoisotopic (exact) mass is 424 g/mol. The van der Waals surface area contributed by atoms with Gasteiger partial charge in [0.05, 0.1) is 19.3 Å². The summed E-state index contributed by atoms with van der Waals surface area (Å²) < 4.78 is 51.8. The summed E-state index contributed by atoms with van der Waals surface area (Å²) in [4.78, 5) is 0. The smallest absolute Gasteiger partial charge is 0.187 e. The molecule has 0 bridgehead atoms. The van der Waals surface area contributed by atoms with Crippen LogP contribution >= 0.6 is 0 Å². The highest BCUT2D eigenvalue weighted by Crippen LogP contribution is 2.33. The van der Waals surface area contributed by atoms with Crippen LogP contribution < -0.4 is 0 Å². The second kappa shape index (κ2) is 11.8. The van der Waals surface area contributed by atoms with Gasteiger partial charge in [-0.1, -0.05) is 0 Å². The highest BCUT2D eigenvalue weighted by molar-refractivity contribution is 4.97. The van der Waals surface area contributed by atoms with Crippen molar-refractivity contribution in [3.63, 3.8) is 0 Å². The Bertz CT molecular complexity index is 466. The molecule has 10 nitrogen and oxygen atoms in total. The van der Waals surface area contributed by atoms with E-state index in [4.69, 9.17) is 42.6 Å². The van der Waals surface area contributed by atoms with E-state index in [1.165, 1.54) is 7.11 Å². The van der Waals surface area contributed by atoms with Crippen LogP contribution in [0.1, 0.15) is 6.92 Å². The van der Waals surface area contributed by atoms with Crippen LogP contribution in [0.4, 0.5) is 0 Å². The summed E-state index contributed by atoms with van der Waals surface area (Å²) in [5, 5.41) is 9.79. The van der Waals surface area contributed by atoms with Crippen LogP contribution in [0.3, 0.4) is 0 Å². The van der Waals surface area contributed by atoms with Gasteiger partial charge in [0.2, 0.25) is 0 Å². The van der Waals surface area contributed by atoms with Gasteiger partial charge in [0.1, 0.15) is 48.8 Å². The molecular weight excluding hydrogens is 388 g/mol. The number of methoxy groups -OCH3 is 6. The van der Waals surface area contributed by atoms with E-state index in [2.05, 4.69) is 0 Å². The van der Waals surface area contributed by atoms with Crippen molar-refractivity contribution < 1.29 is 47.7 Å². The molecule has 10 atom stereocenters. The molecule has 2 rings (SSSR count).